The Kier molecular flexibility index (Phi) is 4.88. The second-order valence-electron chi connectivity index (χ2n) is 6.05. The smallest absolute Gasteiger partial charge is 0.358 e. The van der Waals surface area contributed by atoms with Gasteiger partial charge in [-0.1, -0.05) is 30.3 Å². The average Bonchev–Trinajstić information content (AvgIpc) is 2.91. The van der Waals surface area contributed by atoms with Crippen LogP contribution in [-0.4, -0.2) is 38.6 Å². The van der Waals surface area contributed by atoms with Gasteiger partial charge in [0.25, 0.3) is 0 Å². The van der Waals surface area contributed by atoms with Crippen molar-refractivity contribution >= 4 is 11.7 Å². The first-order chi connectivity index (χ1) is 11.6. The Morgan fingerprint density at radius 3 is 2.71 bits per heavy atom. The van der Waals surface area contributed by atoms with Crippen LogP contribution in [0.3, 0.4) is 0 Å². The zero-order chi connectivity index (χ0) is 16.9. The maximum absolute atomic E-state index is 12.4. The molecule has 1 aromatic carbocycles. The molecule has 7 heteroatoms. The Morgan fingerprint density at radius 1 is 1.21 bits per heavy atom. The highest BCUT2D eigenvalue weighted by molar-refractivity contribution is 5.76. The fraction of sp³-hybridized carbons (Fsp3) is 0.412. The average molecular weight is 328 g/mol. The summed E-state index contributed by atoms with van der Waals surface area (Å²) in [6, 6.07) is 11.7. The molecule has 1 atom stereocenters. The SMILES string of the molecule is O=C(Cn1ccc([N+](=O)[O-])n1)N1CCCC(c2ccccc2)CC1. The van der Waals surface area contributed by atoms with Gasteiger partial charge >= 0.3 is 5.82 Å². The number of carbonyl (C=O) groups excluding carboxylic acids is 1. The van der Waals surface area contributed by atoms with Crippen molar-refractivity contribution in [3.8, 4) is 0 Å². The van der Waals surface area contributed by atoms with Crippen LogP contribution in [0.2, 0.25) is 0 Å². The van der Waals surface area contributed by atoms with E-state index in [2.05, 4.69) is 17.2 Å². The molecule has 1 aromatic heterocycles. The lowest BCUT2D eigenvalue weighted by Gasteiger charge is -2.20. The van der Waals surface area contributed by atoms with Crippen molar-refractivity contribution in [1.29, 1.82) is 0 Å². The number of aromatic nitrogens is 2. The Balaban J connectivity index is 1.59. The van der Waals surface area contributed by atoms with Crippen LogP contribution in [0.15, 0.2) is 42.6 Å². The molecule has 0 radical (unpaired) electrons. The quantitative estimate of drug-likeness (QED) is 0.638. The number of likely N-dealkylation sites (tertiary alicyclic amines) is 1. The van der Waals surface area contributed by atoms with E-state index < -0.39 is 4.92 Å². The van der Waals surface area contributed by atoms with Gasteiger partial charge in [0, 0.05) is 13.1 Å². The topological polar surface area (TPSA) is 81.3 Å². The number of amides is 1. The highest BCUT2D eigenvalue weighted by Crippen LogP contribution is 2.27. The molecule has 0 aliphatic carbocycles. The monoisotopic (exact) mass is 328 g/mol. The molecule has 0 N–H and O–H groups in total. The van der Waals surface area contributed by atoms with Crippen molar-refractivity contribution in [2.24, 2.45) is 0 Å². The van der Waals surface area contributed by atoms with Gasteiger partial charge in [-0.25, -0.2) is 0 Å². The van der Waals surface area contributed by atoms with Crippen LogP contribution in [0.1, 0.15) is 30.7 Å². The molecule has 0 spiro atoms. The largest absolute Gasteiger partial charge is 0.389 e. The molecule has 126 valence electrons. The van der Waals surface area contributed by atoms with Crippen LogP contribution in [0.4, 0.5) is 5.82 Å². The van der Waals surface area contributed by atoms with Gasteiger partial charge < -0.3 is 15.0 Å². The Bertz CT molecular complexity index is 714. The molecule has 24 heavy (non-hydrogen) atoms. The standard InChI is InChI=1S/C17H20N4O3/c22-17(13-20-12-9-16(18-20)21(23)24)19-10-4-7-15(8-11-19)14-5-2-1-3-6-14/h1-3,5-6,9,12,15H,4,7-8,10-11,13H2. The summed E-state index contributed by atoms with van der Waals surface area (Å²) in [5.41, 5.74) is 1.33. The predicted octanol–water partition coefficient (Wildman–Crippen LogP) is 2.59. The number of hydrogen-bond donors (Lipinski definition) is 0. The van der Waals surface area contributed by atoms with Crippen LogP contribution < -0.4 is 0 Å². The minimum atomic E-state index is -0.558. The second-order valence-corrected chi connectivity index (χ2v) is 6.05. The van der Waals surface area contributed by atoms with Crippen molar-refractivity contribution in [2.75, 3.05) is 13.1 Å². The summed E-state index contributed by atoms with van der Waals surface area (Å²) >= 11 is 0. The van der Waals surface area contributed by atoms with Crippen molar-refractivity contribution in [1.82, 2.24) is 14.7 Å². The summed E-state index contributed by atoms with van der Waals surface area (Å²) in [5, 5.41) is 14.5. The Labute approximate surface area is 140 Å². The van der Waals surface area contributed by atoms with Gasteiger partial charge in [-0.3, -0.25) is 4.79 Å². The molecule has 1 amide bonds. The number of rotatable bonds is 4. The lowest BCUT2D eigenvalue weighted by Crippen LogP contribution is -2.34. The van der Waals surface area contributed by atoms with Crippen molar-refractivity contribution in [2.45, 2.75) is 31.7 Å². The van der Waals surface area contributed by atoms with Gasteiger partial charge in [0.15, 0.2) is 0 Å². The molecule has 7 nitrogen and oxygen atoms in total. The normalized spacial score (nSPS) is 18.2. The second kappa shape index (κ2) is 7.25. The van der Waals surface area contributed by atoms with E-state index in [0.29, 0.717) is 12.5 Å². The van der Waals surface area contributed by atoms with Crippen LogP contribution in [-0.2, 0) is 11.3 Å². The molecule has 3 rings (SSSR count). The summed E-state index contributed by atoms with van der Waals surface area (Å²) in [7, 11) is 0. The van der Waals surface area contributed by atoms with Crippen LogP contribution >= 0.6 is 0 Å². The number of benzene rings is 1. The third-order valence-corrected chi connectivity index (χ3v) is 4.46. The zero-order valence-electron chi connectivity index (χ0n) is 13.4. The van der Waals surface area contributed by atoms with Gasteiger partial charge in [-0.15, -0.1) is 0 Å². The molecule has 1 unspecified atom stereocenters. The third kappa shape index (κ3) is 3.79. The first-order valence-electron chi connectivity index (χ1n) is 8.14. The van der Waals surface area contributed by atoms with Crippen molar-refractivity contribution in [3.05, 3.63) is 58.3 Å². The van der Waals surface area contributed by atoms with Gasteiger partial charge in [-0.2, -0.15) is 4.68 Å². The van der Waals surface area contributed by atoms with E-state index in [-0.39, 0.29) is 18.3 Å². The summed E-state index contributed by atoms with van der Waals surface area (Å²) in [6.07, 6.45) is 4.45. The van der Waals surface area contributed by atoms with E-state index in [9.17, 15) is 14.9 Å². The summed E-state index contributed by atoms with van der Waals surface area (Å²) in [6.45, 7) is 1.48. The van der Waals surface area contributed by atoms with E-state index in [1.165, 1.54) is 22.5 Å². The van der Waals surface area contributed by atoms with E-state index in [0.717, 1.165) is 25.8 Å². The summed E-state index contributed by atoms with van der Waals surface area (Å²) in [5.74, 6) is 0.208. The Hall–Kier alpha value is -2.70. The first-order valence-corrected chi connectivity index (χ1v) is 8.14. The predicted molar refractivity (Wildman–Crippen MR) is 88.5 cm³/mol. The molecule has 2 heterocycles. The third-order valence-electron chi connectivity index (χ3n) is 4.46. The van der Waals surface area contributed by atoms with E-state index in [4.69, 9.17) is 0 Å². The van der Waals surface area contributed by atoms with Gasteiger partial charge in [0.05, 0.1) is 17.4 Å². The molecule has 0 bridgehead atoms. The van der Waals surface area contributed by atoms with Crippen LogP contribution in [0.25, 0.3) is 0 Å². The molecule has 1 aliphatic rings. The molecule has 1 saturated heterocycles. The number of hydrogen-bond acceptors (Lipinski definition) is 4. The first kappa shape index (κ1) is 16.2. The van der Waals surface area contributed by atoms with Crippen molar-refractivity contribution < 1.29 is 9.72 Å². The summed E-state index contributed by atoms with van der Waals surface area (Å²) in [4.78, 5) is 24.4. The number of nitro groups is 1. The minimum Gasteiger partial charge on any atom is -0.358 e. The van der Waals surface area contributed by atoms with E-state index in [1.54, 1.807) is 0 Å². The number of carbonyl (C=O) groups is 1. The highest BCUT2D eigenvalue weighted by Gasteiger charge is 2.23. The molecule has 0 saturated carbocycles. The van der Waals surface area contributed by atoms with Crippen LogP contribution in [0, 0.1) is 10.1 Å². The highest BCUT2D eigenvalue weighted by atomic mass is 16.6. The van der Waals surface area contributed by atoms with E-state index >= 15 is 0 Å². The fourth-order valence-corrected chi connectivity index (χ4v) is 3.18. The van der Waals surface area contributed by atoms with Crippen LogP contribution in [0.5, 0.6) is 0 Å². The lowest BCUT2D eigenvalue weighted by atomic mass is 9.92. The van der Waals surface area contributed by atoms with Gasteiger partial charge in [0.2, 0.25) is 5.91 Å². The molecule has 1 fully saturated rings. The lowest BCUT2D eigenvalue weighted by molar-refractivity contribution is -0.389. The maximum atomic E-state index is 12.4. The molecule has 2 aromatic rings. The van der Waals surface area contributed by atoms with E-state index in [1.807, 2.05) is 23.1 Å². The van der Waals surface area contributed by atoms with Gasteiger partial charge in [-0.05, 0) is 35.7 Å². The van der Waals surface area contributed by atoms with Gasteiger partial charge in [0.1, 0.15) is 6.54 Å². The zero-order valence-corrected chi connectivity index (χ0v) is 13.4. The molecular formula is C17H20N4O3. The summed E-state index contributed by atoms with van der Waals surface area (Å²) < 4.78 is 1.33. The fourth-order valence-electron chi connectivity index (χ4n) is 3.18. The minimum absolute atomic E-state index is 0.0401. The maximum Gasteiger partial charge on any atom is 0.389 e. The number of nitrogens with zero attached hydrogens (tertiary/aromatic N) is 4. The van der Waals surface area contributed by atoms with Crippen molar-refractivity contribution in [3.63, 3.8) is 0 Å². The molecule has 1 aliphatic heterocycles. The molecular weight excluding hydrogens is 308 g/mol. The Morgan fingerprint density at radius 2 is 2.00 bits per heavy atom.